The molecule has 0 aromatic heterocycles. The van der Waals surface area contributed by atoms with Crippen LogP contribution in [0.25, 0.3) is 0 Å². The number of carbonyl (C=O) groups is 1. The molecule has 0 aliphatic carbocycles. The van der Waals surface area contributed by atoms with E-state index in [1.807, 2.05) is 20.0 Å². The molecule has 0 bridgehead atoms. The van der Waals surface area contributed by atoms with Crippen molar-refractivity contribution in [3.05, 3.63) is 29.8 Å². The molecule has 2 rings (SSSR count). The smallest absolute Gasteiger partial charge is 0.317 e. The van der Waals surface area contributed by atoms with E-state index in [1.165, 1.54) is 0 Å². The largest absolute Gasteiger partial charge is 0.508 e. The number of esters is 1. The van der Waals surface area contributed by atoms with Gasteiger partial charge in [0.25, 0.3) is 0 Å². The summed E-state index contributed by atoms with van der Waals surface area (Å²) in [5, 5.41) is 9.67. The maximum Gasteiger partial charge on any atom is 0.317 e. The molecule has 0 radical (unpaired) electrons. The van der Waals surface area contributed by atoms with E-state index in [9.17, 15) is 9.90 Å². The third-order valence-electron chi connectivity index (χ3n) is 3.75. The number of piperidine rings is 1. The van der Waals surface area contributed by atoms with Crippen molar-refractivity contribution in [3.8, 4) is 5.75 Å². The fraction of sp³-hybridized carbons (Fsp3) is 0.533. The van der Waals surface area contributed by atoms with Gasteiger partial charge in [0.15, 0.2) is 0 Å². The first-order chi connectivity index (χ1) is 9.08. The van der Waals surface area contributed by atoms with E-state index >= 15 is 0 Å². The predicted octanol–water partition coefficient (Wildman–Crippen LogP) is 2.50. The maximum absolute atomic E-state index is 12.4. The van der Waals surface area contributed by atoms with Crippen molar-refractivity contribution in [2.45, 2.75) is 25.2 Å². The van der Waals surface area contributed by atoms with Crippen LogP contribution >= 0.6 is 17.0 Å². The summed E-state index contributed by atoms with van der Waals surface area (Å²) in [4.78, 5) is 14.6. The summed E-state index contributed by atoms with van der Waals surface area (Å²) in [5.74, 6) is 0.00144. The number of nitrogens with zero attached hydrogens (tertiary/aromatic N) is 1. The second-order valence-corrected chi connectivity index (χ2v) is 5.19. The molecule has 1 unspecified atom stereocenters. The van der Waals surface area contributed by atoms with Gasteiger partial charge in [0.2, 0.25) is 0 Å². The van der Waals surface area contributed by atoms with E-state index in [0.29, 0.717) is 13.2 Å². The van der Waals surface area contributed by atoms with Crippen molar-refractivity contribution < 1.29 is 14.6 Å². The Morgan fingerprint density at radius 2 is 2.25 bits per heavy atom. The number of benzene rings is 1. The molecule has 5 heteroatoms. The topological polar surface area (TPSA) is 49.8 Å². The summed E-state index contributed by atoms with van der Waals surface area (Å²) >= 11 is 0. The Bertz CT molecular complexity index is 466. The number of likely N-dealkylation sites (tertiary alicyclic amines) is 1. The minimum absolute atomic E-state index is 0. The maximum atomic E-state index is 12.4. The lowest BCUT2D eigenvalue weighted by Gasteiger charge is -2.39. The Labute approximate surface area is 130 Å². The van der Waals surface area contributed by atoms with Gasteiger partial charge in [-0.15, -0.1) is 17.0 Å². The summed E-state index contributed by atoms with van der Waals surface area (Å²) in [7, 11) is 2.01. The monoisotopic (exact) mass is 343 g/mol. The van der Waals surface area contributed by atoms with Crippen LogP contribution in [-0.2, 0) is 14.9 Å². The summed E-state index contributed by atoms with van der Waals surface area (Å²) in [6.07, 6.45) is 1.71. The first-order valence-electron chi connectivity index (χ1n) is 6.74. The fourth-order valence-electron chi connectivity index (χ4n) is 2.86. The molecule has 0 spiro atoms. The average Bonchev–Trinajstić information content (AvgIpc) is 2.39. The molecule has 1 aromatic rings. The molecular formula is C15H22BrNO3. The lowest BCUT2D eigenvalue weighted by molar-refractivity contribution is -0.152. The number of hydrogen-bond donors (Lipinski definition) is 1. The van der Waals surface area contributed by atoms with E-state index in [0.717, 1.165) is 24.9 Å². The van der Waals surface area contributed by atoms with Crippen molar-refractivity contribution in [3.63, 3.8) is 0 Å². The van der Waals surface area contributed by atoms with Gasteiger partial charge >= 0.3 is 5.97 Å². The number of halogens is 1. The van der Waals surface area contributed by atoms with E-state index in [2.05, 4.69) is 4.90 Å². The molecule has 1 aromatic carbocycles. The minimum atomic E-state index is -0.651. The number of phenols is 1. The Morgan fingerprint density at radius 1 is 1.50 bits per heavy atom. The van der Waals surface area contributed by atoms with E-state index in [1.54, 1.807) is 18.2 Å². The normalized spacial score (nSPS) is 22.9. The van der Waals surface area contributed by atoms with Gasteiger partial charge in [0, 0.05) is 6.54 Å². The van der Waals surface area contributed by atoms with E-state index in [4.69, 9.17) is 4.74 Å². The van der Waals surface area contributed by atoms with Gasteiger partial charge in [-0.1, -0.05) is 12.1 Å². The molecule has 1 aliphatic heterocycles. The van der Waals surface area contributed by atoms with Gasteiger partial charge in [-0.25, -0.2) is 0 Å². The van der Waals surface area contributed by atoms with Crippen LogP contribution in [0.1, 0.15) is 25.3 Å². The van der Waals surface area contributed by atoms with Crippen molar-refractivity contribution in [1.82, 2.24) is 4.90 Å². The Kier molecular flexibility index (Phi) is 6.02. The quantitative estimate of drug-likeness (QED) is 0.856. The molecule has 1 heterocycles. The highest BCUT2D eigenvalue weighted by atomic mass is 79.9. The number of rotatable bonds is 3. The molecular weight excluding hydrogens is 322 g/mol. The molecule has 1 atom stereocenters. The number of aromatic hydroxyl groups is 1. The molecule has 20 heavy (non-hydrogen) atoms. The molecule has 4 nitrogen and oxygen atoms in total. The lowest BCUT2D eigenvalue weighted by atomic mass is 9.74. The van der Waals surface area contributed by atoms with Crippen LogP contribution in [0.4, 0.5) is 0 Å². The van der Waals surface area contributed by atoms with Crippen molar-refractivity contribution in [1.29, 1.82) is 0 Å². The van der Waals surface area contributed by atoms with Crippen LogP contribution in [0, 0.1) is 0 Å². The number of likely N-dealkylation sites (N-methyl/N-ethyl adjacent to an activating group) is 1. The molecule has 0 amide bonds. The number of hydrogen-bond acceptors (Lipinski definition) is 4. The zero-order chi connectivity index (χ0) is 13.9. The molecule has 112 valence electrons. The summed E-state index contributed by atoms with van der Waals surface area (Å²) < 4.78 is 5.28. The van der Waals surface area contributed by atoms with Gasteiger partial charge in [0.05, 0.1) is 6.61 Å². The summed E-state index contributed by atoms with van der Waals surface area (Å²) in [6.45, 7) is 3.82. The van der Waals surface area contributed by atoms with Crippen LogP contribution in [0.15, 0.2) is 24.3 Å². The molecule has 1 fully saturated rings. The highest BCUT2D eigenvalue weighted by molar-refractivity contribution is 8.93. The summed E-state index contributed by atoms with van der Waals surface area (Å²) in [5.41, 5.74) is 0.194. The van der Waals surface area contributed by atoms with E-state index in [-0.39, 0.29) is 28.7 Å². The van der Waals surface area contributed by atoms with Gasteiger partial charge in [-0.2, -0.15) is 0 Å². The Morgan fingerprint density at radius 3 is 2.85 bits per heavy atom. The number of phenolic OH excluding ortho intramolecular Hbond substituents is 1. The van der Waals surface area contributed by atoms with Crippen molar-refractivity contribution in [2.24, 2.45) is 0 Å². The fourth-order valence-corrected chi connectivity index (χ4v) is 2.86. The number of ether oxygens (including phenoxy) is 1. The molecule has 0 saturated carbocycles. The van der Waals surface area contributed by atoms with Crippen LogP contribution in [0.2, 0.25) is 0 Å². The minimum Gasteiger partial charge on any atom is -0.508 e. The molecule has 1 saturated heterocycles. The van der Waals surface area contributed by atoms with Crippen molar-refractivity contribution >= 4 is 23.0 Å². The first kappa shape index (κ1) is 17.0. The SMILES string of the molecule is Br.CCOC(=O)C1(c2cccc(O)c2)CCCN(C)C1. The standard InChI is InChI=1S/C15H21NO3.BrH/c1-3-19-14(18)15(8-5-9-16(2)11-15)12-6-4-7-13(17)10-12;/h4,6-7,10,17H,3,5,8-9,11H2,1-2H3;1H. The highest BCUT2D eigenvalue weighted by Crippen LogP contribution is 2.36. The zero-order valence-corrected chi connectivity index (χ0v) is 13.7. The van der Waals surface area contributed by atoms with Gasteiger partial charge < -0.3 is 14.7 Å². The first-order valence-corrected chi connectivity index (χ1v) is 6.74. The number of carbonyl (C=O) groups excluding carboxylic acids is 1. The van der Waals surface area contributed by atoms with Crippen LogP contribution < -0.4 is 0 Å². The Balaban J connectivity index is 0.00000200. The molecule has 1 N–H and O–H groups in total. The van der Waals surface area contributed by atoms with Gasteiger partial charge in [0.1, 0.15) is 11.2 Å². The lowest BCUT2D eigenvalue weighted by Crippen LogP contribution is -2.50. The second kappa shape index (κ2) is 7.09. The second-order valence-electron chi connectivity index (χ2n) is 5.19. The van der Waals surface area contributed by atoms with E-state index < -0.39 is 5.41 Å². The highest BCUT2D eigenvalue weighted by Gasteiger charge is 2.44. The Hall–Kier alpha value is -1.07. The van der Waals surface area contributed by atoms with Gasteiger partial charge in [-0.05, 0) is 51.1 Å². The molecule has 1 aliphatic rings. The average molecular weight is 344 g/mol. The van der Waals surface area contributed by atoms with Crippen molar-refractivity contribution in [2.75, 3.05) is 26.7 Å². The zero-order valence-electron chi connectivity index (χ0n) is 12.0. The van der Waals surface area contributed by atoms with Gasteiger partial charge in [-0.3, -0.25) is 4.79 Å². The third-order valence-corrected chi connectivity index (χ3v) is 3.75. The predicted molar refractivity (Wildman–Crippen MR) is 83.5 cm³/mol. The summed E-state index contributed by atoms with van der Waals surface area (Å²) in [6, 6.07) is 6.97. The van der Waals surface area contributed by atoms with Crippen LogP contribution in [0.3, 0.4) is 0 Å². The van der Waals surface area contributed by atoms with Crippen LogP contribution in [-0.4, -0.2) is 42.7 Å². The third kappa shape index (κ3) is 3.33. The van der Waals surface area contributed by atoms with Crippen LogP contribution in [0.5, 0.6) is 5.75 Å².